The highest BCUT2D eigenvalue weighted by Gasteiger charge is 2.00. The van der Waals surface area contributed by atoms with Crippen LogP contribution in [0.2, 0.25) is 0 Å². The van der Waals surface area contributed by atoms with Gasteiger partial charge in [0, 0.05) is 0 Å². The van der Waals surface area contributed by atoms with Crippen LogP contribution in [0.3, 0.4) is 0 Å². The molecule has 0 fully saturated rings. The Morgan fingerprint density at radius 3 is 1.38 bits per heavy atom. The van der Waals surface area contributed by atoms with E-state index in [0.29, 0.717) is 13.6 Å². The van der Waals surface area contributed by atoms with Gasteiger partial charge in [0.05, 0.1) is 5.62 Å². The Balaban J connectivity index is 0. The summed E-state index contributed by atoms with van der Waals surface area (Å²) in [6, 6.07) is 0. The average molecular weight is 250 g/mol. The summed E-state index contributed by atoms with van der Waals surface area (Å²) in [5, 5.41) is 0. The van der Waals surface area contributed by atoms with E-state index in [0.717, 1.165) is 0 Å². The van der Waals surface area contributed by atoms with Crippen molar-refractivity contribution in [2.45, 2.75) is 0 Å². The van der Waals surface area contributed by atoms with Crippen molar-refractivity contribution in [3.8, 4) is 0 Å². The fourth-order valence-electron chi connectivity index (χ4n) is 0. The van der Waals surface area contributed by atoms with E-state index in [2.05, 4.69) is 0 Å². The monoisotopic (exact) mass is 248 g/mol. The smallest absolute Gasteiger partial charge is 0.214 e. The summed E-state index contributed by atoms with van der Waals surface area (Å²) in [5.74, 6) is 0. The third kappa shape index (κ3) is 39.7. The van der Waals surface area contributed by atoms with Crippen molar-refractivity contribution in [3.63, 3.8) is 0 Å². The summed E-state index contributed by atoms with van der Waals surface area (Å²) >= 11 is 8.43. The second-order valence-corrected chi connectivity index (χ2v) is 9.09. The topological polar surface area (TPSA) is 0 Å². The Kier molecular flexibility index (Phi) is 19.8. The molecule has 7 heteroatoms. The van der Waals surface area contributed by atoms with Crippen molar-refractivity contribution in [1.82, 2.24) is 0 Å². The number of hydrogen-bond acceptors (Lipinski definition) is 0. The van der Waals surface area contributed by atoms with E-state index in [1.54, 1.807) is 0 Å². The molecule has 0 spiro atoms. The van der Waals surface area contributed by atoms with Crippen molar-refractivity contribution in [2.75, 3.05) is 5.62 Å². The summed E-state index contributed by atoms with van der Waals surface area (Å²) in [7, 11) is 15.2. The fraction of sp³-hybridized carbons (Fsp3) is 1.00. The minimum absolute atomic E-state index is 0.378. The average Bonchev–Trinajstić information content (AvgIpc) is 1.65. The predicted molar refractivity (Wildman–Crippen MR) is 48.2 cm³/mol. The third-order valence-electron chi connectivity index (χ3n) is 0.0505. The number of halogens is 5. The van der Waals surface area contributed by atoms with E-state index in [4.69, 9.17) is 53.0 Å². The summed E-state index contributed by atoms with van der Waals surface area (Å²) in [4.78, 5) is 0. The van der Waals surface area contributed by atoms with Gasteiger partial charge >= 0.3 is 11.4 Å². The molecule has 0 bridgehead atoms. The zero-order valence-electron chi connectivity index (χ0n) is 3.67. The van der Waals surface area contributed by atoms with Gasteiger partial charge in [-0.3, -0.25) is 0 Å². The molecule has 0 saturated heterocycles. The molecule has 0 aliphatic rings. The van der Waals surface area contributed by atoms with Gasteiger partial charge in [-0.2, -0.15) is 0 Å². The standard InChI is InChI=1S/CH3Cl2P.Al.3ClH/c2-1-4-3;;;;/h4H,1H2;;3*1H/q;+3;;;/p-3. The molecular formula is CH3AlCl5P. The highest BCUT2D eigenvalue weighted by atomic mass is 35.8. The van der Waals surface area contributed by atoms with E-state index in [1.165, 1.54) is 0 Å². The van der Waals surface area contributed by atoms with Gasteiger partial charge in [0.1, 0.15) is 0 Å². The largest absolute Gasteiger partial charge is 0.643 e. The van der Waals surface area contributed by atoms with E-state index >= 15 is 0 Å². The van der Waals surface area contributed by atoms with Crippen LogP contribution in [-0.2, 0) is 0 Å². The first-order valence-electron chi connectivity index (χ1n) is 1.46. The molecule has 0 aromatic carbocycles. The molecule has 0 N–H and O–H groups in total. The second-order valence-electron chi connectivity index (χ2n) is 0.515. The van der Waals surface area contributed by atoms with Gasteiger partial charge in [0.15, 0.2) is 0 Å². The highest BCUT2D eigenvalue weighted by molar-refractivity contribution is 7.69. The van der Waals surface area contributed by atoms with E-state index < -0.39 is 11.4 Å². The van der Waals surface area contributed by atoms with Gasteiger partial charge in [-0.15, -0.1) is 11.6 Å². The zero-order chi connectivity index (χ0) is 6.99. The first kappa shape index (κ1) is 13.0. The van der Waals surface area contributed by atoms with Gasteiger partial charge in [-0.05, 0) is 7.93 Å². The van der Waals surface area contributed by atoms with Gasteiger partial charge in [-0.25, -0.2) is 30.1 Å². The lowest BCUT2D eigenvalue weighted by atomic mass is 11.9. The predicted octanol–water partition coefficient (Wildman–Crippen LogP) is 3.70. The molecule has 0 rings (SSSR count). The Morgan fingerprint density at radius 2 is 1.38 bits per heavy atom. The first-order chi connectivity index (χ1) is 3.65. The third-order valence-corrected chi connectivity index (χ3v) is 1.36. The highest BCUT2D eigenvalue weighted by Crippen LogP contribution is 2.15. The molecule has 0 nitrogen and oxygen atoms in total. The van der Waals surface area contributed by atoms with Crippen LogP contribution < -0.4 is 0 Å². The van der Waals surface area contributed by atoms with Gasteiger partial charge in [-0.1, -0.05) is 11.2 Å². The molecule has 8 heavy (non-hydrogen) atoms. The quantitative estimate of drug-likeness (QED) is 0.378. The Morgan fingerprint density at radius 1 is 1.25 bits per heavy atom. The lowest BCUT2D eigenvalue weighted by molar-refractivity contribution is 2.25. The molecule has 50 valence electrons. The SMILES string of the molecule is ClCPCl.[Cl][Al]([Cl])[Cl]. The van der Waals surface area contributed by atoms with Crippen LogP contribution in [0.1, 0.15) is 0 Å². The maximum absolute atomic E-state index is 5.08. The van der Waals surface area contributed by atoms with Gasteiger partial charge < -0.3 is 0 Å². The number of hydrogen-bond donors (Lipinski definition) is 0. The van der Waals surface area contributed by atoms with Crippen LogP contribution in [0, 0.1) is 0 Å². The molecule has 0 heterocycles. The van der Waals surface area contributed by atoms with Crippen LogP contribution in [0.4, 0.5) is 0 Å². The van der Waals surface area contributed by atoms with Crippen molar-refractivity contribution in [2.24, 2.45) is 0 Å². The molecule has 0 aliphatic heterocycles. The van der Waals surface area contributed by atoms with Crippen LogP contribution >= 0.6 is 60.9 Å². The van der Waals surface area contributed by atoms with Crippen LogP contribution in [-0.4, -0.2) is 17.0 Å². The van der Waals surface area contributed by atoms with Crippen molar-refractivity contribution in [3.05, 3.63) is 0 Å². The molecular weight excluding hydrogens is 247 g/mol. The zero-order valence-corrected chi connectivity index (χ0v) is 9.61. The molecule has 0 saturated carbocycles. The Hall–Kier alpha value is 2.41. The molecule has 0 amide bonds. The molecule has 1 atom stereocenters. The lowest BCUT2D eigenvalue weighted by Gasteiger charge is -1.63. The summed E-state index contributed by atoms with van der Waals surface area (Å²) in [6.45, 7) is 0. The second kappa shape index (κ2) is 12.1. The van der Waals surface area contributed by atoms with Crippen LogP contribution in [0.5, 0.6) is 0 Å². The van der Waals surface area contributed by atoms with Crippen molar-refractivity contribution in [1.29, 1.82) is 0 Å². The van der Waals surface area contributed by atoms with Crippen molar-refractivity contribution >= 4 is 72.3 Å². The molecule has 0 radical (unpaired) electrons. The van der Waals surface area contributed by atoms with E-state index in [-0.39, 0.29) is 0 Å². The van der Waals surface area contributed by atoms with E-state index in [1.807, 2.05) is 0 Å². The van der Waals surface area contributed by atoms with Gasteiger partial charge in [0.25, 0.3) is 0 Å². The van der Waals surface area contributed by atoms with E-state index in [9.17, 15) is 0 Å². The van der Waals surface area contributed by atoms with Crippen LogP contribution in [0.15, 0.2) is 0 Å². The van der Waals surface area contributed by atoms with Crippen molar-refractivity contribution < 1.29 is 0 Å². The summed E-state index contributed by atoms with van der Waals surface area (Å²) < 4.78 is 0. The molecule has 0 aromatic heterocycles. The molecule has 0 aliphatic carbocycles. The lowest BCUT2D eigenvalue weighted by Crippen LogP contribution is -1.66. The fourth-order valence-corrected chi connectivity index (χ4v) is 0. The maximum atomic E-state index is 5.08. The molecule has 0 aromatic rings. The first-order valence-corrected chi connectivity index (χ1v) is 9.46. The van der Waals surface area contributed by atoms with Crippen LogP contribution in [0.25, 0.3) is 0 Å². The minimum Gasteiger partial charge on any atom is -0.214 e. The Labute approximate surface area is 77.3 Å². The maximum Gasteiger partial charge on any atom is 0.643 e. The Bertz CT molecular complexity index is 28.9. The normalized spacial score (nSPS) is 8.62. The number of alkyl halides is 1. The number of rotatable bonds is 1. The van der Waals surface area contributed by atoms with Gasteiger partial charge in [0.2, 0.25) is 0 Å². The minimum atomic E-state index is -1.72. The summed E-state index contributed by atoms with van der Waals surface area (Å²) in [6.07, 6.45) is 0. The molecule has 1 unspecified atom stereocenters. The summed E-state index contributed by atoms with van der Waals surface area (Å²) in [5.41, 5.74) is 0.585.